The number of benzene rings is 2. The van der Waals surface area contributed by atoms with Crippen molar-refractivity contribution in [3.05, 3.63) is 65.0 Å². The van der Waals surface area contributed by atoms with Gasteiger partial charge in [-0.1, -0.05) is 24.3 Å². The molecule has 158 valence electrons. The van der Waals surface area contributed by atoms with Gasteiger partial charge in [-0.25, -0.2) is 4.39 Å². The van der Waals surface area contributed by atoms with E-state index in [0.717, 1.165) is 36.4 Å². The summed E-state index contributed by atoms with van der Waals surface area (Å²) in [7, 11) is 0. The van der Waals surface area contributed by atoms with Crippen molar-refractivity contribution in [1.82, 2.24) is 4.90 Å². The van der Waals surface area contributed by atoms with Gasteiger partial charge < -0.3 is 15.1 Å². The molecule has 2 aromatic carbocycles. The predicted octanol–water partition coefficient (Wildman–Crippen LogP) is 1.61. The van der Waals surface area contributed by atoms with Gasteiger partial charge in [0.05, 0.1) is 32.6 Å². The van der Waals surface area contributed by atoms with Crippen LogP contribution in [0.1, 0.15) is 29.5 Å². The van der Waals surface area contributed by atoms with Crippen molar-refractivity contribution in [3.63, 3.8) is 0 Å². The summed E-state index contributed by atoms with van der Waals surface area (Å²) in [4.78, 5) is 28.0. The highest BCUT2D eigenvalue weighted by molar-refractivity contribution is 5.91. The molecule has 2 amide bonds. The maximum atomic E-state index is 13.2. The molecule has 5 nitrogen and oxygen atoms in total. The number of rotatable bonds is 5. The minimum Gasteiger partial charge on any atom is -0.331 e. The van der Waals surface area contributed by atoms with Crippen molar-refractivity contribution in [2.75, 3.05) is 38.0 Å². The van der Waals surface area contributed by atoms with E-state index in [2.05, 4.69) is 23.5 Å². The van der Waals surface area contributed by atoms with E-state index in [1.54, 1.807) is 12.1 Å². The van der Waals surface area contributed by atoms with Crippen LogP contribution in [0.5, 0.6) is 0 Å². The standard InChI is InChI=1S/C24H28FN3O2/c25-21-6-3-7-22(16-21)26-23(29)17-27-10-12-28(13-11-27)24(30)15-18-8-9-19-4-1-2-5-20(19)14-18/h3,6-9,14,16H,1-2,4-5,10-13,15,17H2,(H,26,29)/p+1. The van der Waals surface area contributed by atoms with Crippen LogP contribution in [0.25, 0.3) is 0 Å². The lowest BCUT2D eigenvalue weighted by atomic mass is 9.90. The quantitative estimate of drug-likeness (QED) is 0.787. The number of piperazine rings is 1. The maximum Gasteiger partial charge on any atom is 0.279 e. The fourth-order valence-electron chi connectivity index (χ4n) is 4.43. The normalized spacial score (nSPS) is 16.8. The average molecular weight is 411 g/mol. The molecule has 0 bridgehead atoms. The van der Waals surface area contributed by atoms with Crippen LogP contribution in [0.3, 0.4) is 0 Å². The Morgan fingerprint density at radius 3 is 2.53 bits per heavy atom. The lowest BCUT2D eigenvalue weighted by Gasteiger charge is -2.32. The third-order valence-electron chi connectivity index (χ3n) is 6.11. The summed E-state index contributed by atoms with van der Waals surface area (Å²) in [5, 5.41) is 2.74. The number of aryl methyl sites for hydroxylation is 2. The number of nitrogens with one attached hydrogen (secondary N) is 2. The SMILES string of the molecule is O=C(C[NH+]1CCN(C(=O)Cc2ccc3c(c2)CCCC3)CC1)Nc1cccc(F)c1. The Labute approximate surface area is 176 Å². The number of amides is 2. The van der Waals surface area contributed by atoms with E-state index < -0.39 is 0 Å². The van der Waals surface area contributed by atoms with E-state index in [4.69, 9.17) is 0 Å². The van der Waals surface area contributed by atoms with Crippen molar-refractivity contribution >= 4 is 17.5 Å². The Kier molecular flexibility index (Phi) is 6.43. The Balaban J connectivity index is 1.24. The zero-order valence-corrected chi connectivity index (χ0v) is 17.3. The summed E-state index contributed by atoms with van der Waals surface area (Å²) in [6.45, 7) is 3.13. The Bertz CT molecular complexity index is 922. The Morgan fingerprint density at radius 2 is 1.77 bits per heavy atom. The van der Waals surface area contributed by atoms with Crippen molar-refractivity contribution in [3.8, 4) is 0 Å². The van der Waals surface area contributed by atoms with E-state index in [1.165, 1.54) is 36.1 Å². The first-order valence-electron chi connectivity index (χ1n) is 10.8. The van der Waals surface area contributed by atoms with Crippen LogP contribution in [0.4, 0.5) is 10.1 Å². The molecule has 2 aromatic rings. The maximum absolute atomic E-state index is 13.2. The van der Waals surface area contributed by atoms with E-state index in [9.17, 15) is 14.0 Å². The summed E-state index contributed by atoms with van der Waals surface area (Å²) >= 11 is 0. The first-order chi connectivity index (χ1) is 14.6. The lowest BCUT2D eigenvalue weighted by molar-refractivity contribution is -0.895. The zero-order chi connectivity index (χ0) is 20.9. The van der Waals surface area contributed by atoms with Crippen molar-refractivity contribution in [1.29, 1.82) is 0 Å². The largest absolute Gasteiger partial charge is 0.331 e. The van der Waals surface area contributed by atoms with Gasteiger partial charge in [-0.2, -0.15) is 0 Å². The van der Waals surface area contributed by atoms with Crippen LogP contribution in [0.15, 0.2) is 42.5 Å². The van der Waals surface area contributed by atoms with Crippen molar-refractivity contribution < 1.29 is 18.9 Å². The fourth-order valence-corrected chi connectivity index (χ4v) is 4.43. The molecule has 6 heteroatoms. The van der Waals surface area contributed by atoms with Crippen LogP contribution in [0.2, 0.25) is 0 Å². The summed E-state index contributed by atoms with van der Waals surface area (Å²) in [5.41, 5.74) is 4.42. The van der Waals surface area contributed by atoms with Gasteiger partial charge in [-0.05, 0) is 60.6 Å². The topological polar surface area (TPSA) is 53.9 Å². The van der Waals surface area contributed by atoms with Gasteiger partial charge >= 0.3 is 0 Å². The van der Waals surface area contributed by atoms with Crippen LogP contribution in [-0.2, 0) is 28.9 Å². The third-order valence-corrected chi connectivity index (χ3v) is 6.11. The second-order valence-corrected chi connectivity index (χ2v) is 8.35. The summed E-state index contributed by atoms with van der Waals surface area (Å²) in [6.07, 6.45) is 5.22. The highest BCUT2D eigenvalue weighted by atomic mass is 19.1. The molecule has 0 unspecified atom stereocenters. The molecule has 4 rings (SSSR count). The van der Waals surface area contributed by atoms with Gasteiger partial charge in [-0.3, -0.25) is 9.59 Å². The molecule has 1 aliphatic carbocycles. The molecule has 0 radical (unpaired) electrons. The van der Waals surface area contributed by atoms with Gasteiger partial charge in [0.2, 0.25) is 5.91 Å². The number of quaternary nitrogens is 1. The van der Waals surface area contributed by atoms with Crippen LogP contribution >= 0.6 is 0 Å². The first kappa shape index (κ1) is 20.5. The van der Waals surface area contributed by atoms with Gasteiger partial charge in [-0.15, -0.1) is 0 Å². The molecule has 0 aromatic heterocycles. The van der Waals surface area contributed by atoms with Crippen molar-refractivity contribution in [2.24, 2.45) is 0 Å². The summed E-state index contributed by atoms with van der Waals surface area (Å²) in [5.74, 6) is -0.343. The van der Waals surface area contributed by atoms with Gasteiger partial charge in [0.1, 0.15) is 5.82 Å². The molecule has 2 aliphatic rings. The van der Waals surface area contributed by atoms with E-state index in [1.807, 2.05) is 4.90 Å². The Hall–Kier alpha value is -2.73. The molecule has 1 fully saturated rings. The number of carbonyl (C=O) groups excluding carboxylic acids is 2. The number of carbonyl (C=O) groups is 2. The number of fused-ring (bicyclic) bond motifs is 1. The van der Waals surface area contributed by atoms with E-state index in [-0.39, 0.29) is 17.6 Å². The van der Waals surface area contributed by atoms with Crippen LogP contribution < -0.4 is 10.2 Å². The molecule has 1 heterocycles. The van der Waals surface area contributed by atoms with E-state index in [0.29, 0.717) is 31.7 Å². The second-order valence-electron chi connectivity index (χ2n) is 8.35. The number of nitrogens with zero attached hydrogens (tertiary/aromatic N) is 1. The molecule has 1 aliphatic heterocycles. The summed E-state index contributed by atoms with van der Waals surface area (Å²) in [6, 6.07) is 12.4. The van der Waals surface area contributed by atoms with E-state index >= 15 is 0 Å². The molecular formula is C24H29FN3O2+. The van der Waals surface area contributed by atoms with Crippen LogP contribution in [0, 0.1) is 5.82 Å². The van der Waals surface area contributed by atoms with Gasteiger partial charge in [0.25, 0.3) is 5.91 Å². The Morgan fingerprint density at radius 1 is 1.00 bits per heavy atom. The predicted molar refractivity (Wildman–Crippen MR) is 114 cm³/mol. The van der Waals surface area contributed by atoms with Crippen LogP contribution in [-0.4, -0.2) is 49.4 Å². The number of hydrogen-bond acceptors (Lipinski definition) is 2. The molecule has 30 heavy (non-hydrogen) atoms. The number of halogens is 1. The monoisotopic (exact) mass is 410 g/mol. The molecular weight excluding hydrogens is 381 g/mol. The smallest absolute Gasteiger partial charge is 0.279 e. The number of hydrogen-bond donors (Lipinski definition) is 2. The van der Waals surface area contributed by atoms with Crippen molar-refractivity contribution in [2.45, 2.75) is 32.1 Å². The minimum atomic E-state index is -0.369. The third kappa shape index (κ3) is 5.25. The molecule has 0 atom stereocenters. The molecule has 2 N–H and O–H groups in total. The zero-order valence-electron chi connectivity index (χ0n) is 17.3. The summed E-state index contributed by atoms with van der Waals surface area (Å²) < 4.78 is 13.2. The second kappa shape index (κ2) is 9.39. The molecule has 0 spiro atoms. The minimum absolute atomic E-state index is 0.135. The highest BCUT2D eigenvalue weighted by Gasteiger charge is 2.25. The van der Waals surface area contributed by atoms with Gasteiger partial charge in [0, 0.05) is 5.69 Å². The molecule has 1 saturated heterocycles. The average Bonchev–Trinajstić information content (AvgIpc) is 2.74. The fraction of sp³-hybridized carbons (Fsp3) is 0.417. The first-order valence-corrected chi connectivity index (χ1v) is 10.8. The highest BCUT2D eigenvalue weighted by Crippen LogP contribution is 2.22. The number of anilines is 1. The molecule has 0 saturated carbocycles. The van der Waals surface area contributed by atoms with Gasteiger partial charge in [0.15, 0.2) is 6.54 Å². The lowest BCUT2D eigenvalue weighted by Crippen LogP contribution is -3.15.